The van der Waals surface area contributed by atoms with Crippen LogP contribution in [-0.4, -0.2) is 18.6 Å². The van der Waals surface area contributed by atoms with Gasteiger partial charge in [0, 0.05) is 11.1 Å². The highest BCUT2D eigenvalue weighted by atomic mass is 19.4. The molecule has 0 radical (unpaired) electrons. The molecule has 7 heteroatoms. The quantitative estimate of drug-likeness (QED) is 0.804. The first kappa shape index (κ1) is 12.0. The molecule has 0 spiro atoms. The van der Waals surface area contributed by atoms with E-state index in [1.807, 2.05) is 0 Å². The molecule has 1 aromatic rings. The third-order valence-corrected chi connectivity index (χ3v) is 1.65. The second kappa shape index (κ2) is 4.21. The van der Waals surface area contributed by atoms with E-state index in [-0.39, 0.29) is 17.4 Å². The number of hydrogen-bond acceptors (Lipinski definition) is 3. The second-order valence-electron chi connectivity index (χ2n) is 2.78. The number of hydrogen-bond donors (Lipinski definition) is 1. The molecule has 0 saturated carbocycles. The van der Waals surface area contributed by atoms with Gasteiger partial charge in [-0.2, -0.15) is 0 Å². The molecule has 86 valence electrons. The summed E-state index contributed by atoms with van der Waals surface area (Å²) in [6.45, 7) is 0. The van der Waals surface area contributed by atoms with E-state index in [1.54, 1.807) is 0 Å². The van der Waals surface area contributed by atoms with Gasteiger partial charge in [0.15, 0.2) is 6.29 Å². The highest BCUT2D eigenvalue weighted by Gasteiger charge is 2.31. The summed E-state index contributed by atoms with van der Waals surface area (Å²) in [7, 11) is 0. The summed E-state index contributed by atoms with van der Waals surface area (Å²) in [6, 6.07) is 2.69. The average Bonchev–Trinajstić information content (AvgIpc) is 2.14. The Bertz CT molecular complexity index is 428. The van der Waals surface area contributed by atoms with Crippen molar-refractivity contribution in [2.75, 3.05) is 0 Å². The summed E-state index contributed by atoms with van der Waals surface area (Å²) in [5.41, 5.74) is 4.49. The average molecular weight is 233 g/mol. The fraction of sp³-hybridized carbons (Fsp3) is 0.111. The number of halogens is 3. The number of rotatable bonds is 3. The lowest BCUT2D eigenvalue weighted by Gasteiger charge is -2.09. The van der Waals surface area contributed by atoms with Crippen LogP contribution >= 0.6 is 0 Å². The van der Waals surface area contributed by atoms with E-state index in [1.165, 1.54) is 0 Å². The summed E-state index contributed by atoms with van der Waals surface area (Å²) in [5, 5.41) is 0. The van der Waals surface area contributed by atoms with Crippen molar-refractivity contribution in [1.82, 2.24) is 0 Å². The van der Waals surface area contributed by atoms with Crippen LogP contribution in [0.1, 0.15) is 20.7 Å². The van der Waals surface area contributed by atoms with Crippen LogP contribution in [0.2, 0.25) is 0 Å². The lowest BCUT2D eigenvalue weighted by Crippen LogP contribution is -2.18. The summed E-state index contributed by atoms with van der Waals surface area (Å²) in [4.78, 5) is 21.3. The minimum absolute atomic E-state index is 0.162. The van der Waals surface area contributed by atoms with E-state index in [9.17, 15) is 22.8 Å². The van der Waals surface area contributed by atoms with Crippen LogP contribution < -0.4 is 10.5 Å². The molecule has 1 aromatic carbocycles. The largest absolute Gasteiger partial charge is 0.573 e. The smallest absolute Gasteiger partial charge is 0.406 e. The zero-order valence-electron chi connectivity index (χ0n) is 7.75. The molecule has 0 unspecified atom stereocenters. The molecular formula is C9H6F3NO3. The fourth-order valence-electron chi connectivity index (χ4n) is 1.06. The van der Waals surface area contributed by atoms with Crippen LogP contribution in [0.25, 0.3) is 0 Å². The Kier molecular flexibility index (Phi) is 3.17. The van der Waals surface area contributed by atoms with E-state index in [2.05, 4.69) is 4.74 Å². The third kappa shape index (κ3) is 2.97. The SMILES string of the molecule is NC(=O)c1ccc(OC(F)(F)F)cc1C=O. The Morgan fingerprint density at radius 1 is 1.38 bits per heavy atom. The van der Waals surface area contributed by atoms with Gasteiger partial charge in [0.05, 0.1) is 0 Å². The van der Waals surface area contributed by atoms with Crippen molar-refractivity contribution in [2.45, 2.75) is 6.36 Å². The van der Waals surface area contributed by atoms with Crippen molar-refractivity contribution in [2.24, 2.45) is 5.73 Å². The minimum Gasteiger partial charge on any atom is -0.406 e. The number of primary amides is 1. The Labute approximate surface area is 87.8 Å². The predicted molar refractivity (Wildman–Crippen MR) is 47.0 cm³/mol. The van der Waals surface area contributed by atoms with E-state index in [4.69, 9.17) is 5.73 Å². The molecule has 2 N–H and O–H groups in total. The topological polar surface area (TPSA) is 69.4 Å². The number of carbonyl (C=O) groups is 2. The van der Waals surface area contributed by atoms with Gasteiger partial charge in [0.1, 0.15) is 5.75 Å². The molecule has 1 amide bonds. The molecule has 1 rings (SSSR count). The van der Waals surface area contributed by atoms with E-state index >= 15 is 0 Å². The standard InChI is InChI=1S/C9H6F3NO3/c10-9(11,12)16-6-1-2-7(8(13)15)5(3-6)4-14/h1-4H,(H2,13,15). The molecular weight excluding hydrogens is 227 g/mol. The number of aldehydes is 1. The first-order chi connectivity index (χ1) is 7.33. The van der Waals surface area contributed by atoms with Crippen LogP contribution in [-0.2, 0) is 0 Å². The van der Waals surface area contributed by atoms with E-state index < -0.39 is 18.0 Å². The molecule has 0 aliphatic rings. The minimum atomic E-state index is -4.85. The van der Waals surface area contributed by atoms with Crippen LogP contribution in [0, 0.1) is 0 Å². The van der Waals surface area contributed by atoms with Gasteiger partial charge in [-0.05, 0) is 18.2 Å². The Hall–Kier alpha value is -2.05. The Balaban J connectivity index is 3.09. The van der Waals surface area contributed by atoms with Crippen LogP contribution in [0.15, 0.2) is 18.2 Å². The Morgan fingerprint density at radius 2 is 2.00 bits per heavy atom. The maximum absolute atomic E-state index is 11.8. The molecule has 0 heterocycles. The highest BCUT2D eigenvalue weighted by Crippen LogP contribution is 2.24. The van der Waals surface area contributed by atoms with Gasteiger partial charge in [-0.15, -0.1) is 13.2 Å². The predicted octanol–water partition coefficient (Wildman–Crippen LogP) is 1.50. The summed E-state index contributed by atoms with van der Waals surface area (Å²) < 4.78 is 39.1. The van der Waals surface area contributed by atoms with Crippen LogP contribution in [0.4, 0.5) is 13.2 Å². The number of benzene rings is 1. The number of nitrogens with two attached hydrogens (primary N) is 1. The van der Waals surface area contributed by atoms with Gasteiger partial charge in [-0.3, -0.25) is 9.59 Å². The van der Waals surface area contributed by atoms with Crippen molar-refractivity contribution in [3.8, 4) is 5.75 Å². The number of amides is 1. The third-order valence-electron chi connectivity index (χ3n) is 1.65. The van der Waals surface area contributed by atoms with Crippen LogP contribution in [0.5, 0.6) is 5.75 Å². The maximum Gasteiger partial charge on any atom is 0.573 e. The molecule has 0 aliphatic carbocycles. The number of alkyl halides is 3. The highest BCUT2D eigenvalue weighted by molar-refractivity contribution is 6.00. The lowest BCUT2D eigenvalue weighted by atomic mass is 10.1. The molecule has 16 heavy (non-hydrogen) atoms. The molecule has 0 atom stereocenters. The zero-order chi connectivity index (χ0) is 12.3. The van der Waals surface area contributed by atoms with Crippen LogP contribution in [0.3, 0.4) is 0 Å². The van der Waals surface area contributed by atoms with E-state index in [0.29, 0.717) is 0 Å². The van der Waals surface area contributed by atoms with Crippen molar-refractivity contribution in [1.29, 1.82) is 0 Å². The van der Waals surface area contributed by atoms with Gasteiger partial charge < -0.3 is 10.5 Å². The summed E-state index contributed by atoms with van der Waals surface area (Å²) >= 11 is 0. The first-order valence-corrected chi connectivity index (χ1v) is 3.98. The molecule has 0 aliphatic heterocycles. The fourth-order valence-corrected chi connectivity index (χ4v) is 1.06. The molecule has 0 saturated heterocycles. The number of carbonyl (C=O) groups excluding carboxylic acids is 2. The van der Waals surface area contributed by atoms with Gasteiger partial charge >= 0.3 is 6.36 Å². The van der Waals surface area contributed by atoms with E-state index in [0.717, 1.165) is 18.2 Å². The first-order valence-electron chi connectivity index (χ1n) is 3.98. The number of ether oxygens (including phenoxy) is 1. The summed E-state index contributed by atoms with van der Waals surface area (Å²) in [5.74, 6) is -1.49. The van der Waals surface area contributed by atoms with Crippen molar-refractivity contribution >= 4 is 12.2 Å². The molecule has 4 nitrogen and oxygen atoms in total. The monoisotopic (exact) mass is 233 g/mol. The van der Waals surface area contributed by atoms with Gasteiger partial charge in [-0.25, -0.2) is 0 Å². The van der Waals surface area contributed by atoms with Crippen molar-refractivity contribution < 1.29 is 27.5 Å². The maximum atomic E-state index is 11.8. The second-order valence-corrected chi connectivity index (χ2v) is 2.78. The molecule has 0 fully saturated rings. The molecule has 0 aromatic heterocycles. The van der Waals surface area contributed by atoms with Gasteiger partial charge in [0.2, 0.25) is 5.91 Å². The van der Waals surface area contributed by atoms with Crippen molar-refractivity contribution in [3.05, 3.63) is 29.3 Å². The summed E-state index contributed by atoms with van der Waals surface area (Å²) in [6.07, 6.45) is -4.63. The lowest BCUT2D eigenvalue weighted by molar-refractivity contribution is -0.274. The Morgan fingerprint density at radius 3 is 2.44 bits per heavy atom. The zero-order valence-corrected chi connectivity index (χ0v) is 7.75. The van der Waals surface area contributed by atoms with Gasteiger partial charge in [0.25, 0.3) is 0 Å². The van der Waals surface area contributed by atoms with Gasteiger partial charge in [-0.1, -0.05) is 0 Å². The van der Waals surface area contributed by atoms with Crippen molar-refractivity contribution in [3.63, 3.8) is 0 Å². The molecule has 0 bridgehead atoms. The normalized spacial score (nSPS) is 10.9.